The lowest BCUT2D eigenvalue weighted by atomic mass is 10.3. The van der Waals surface area contributed by atoms with E-state index in [0.717, 1.165) is 0 Å². The van der Waals surface area contributed by atoms with Crippen molar-refractivity contribution in [1.29, 1.82) is 0 Å². The quantitative estimate of drug-likeness (QED) is 0.790. The first-order chi connectivity index (χ1) is 8.09. The molecule has 6 nitrogen and oxygen atoms in total. The van der Waals surface area contributed by atoms with Crippen LogP contribution in [0.1, 0.15) is 16.1 Å². The number of hydrogen-bond donors (Lipinski definition) is 2. The minimum atomic E-state index is -0.379. The van der Waals surface area contributed by atoms with Crippen LogP contribution in [0.2, 0.25) is 0 Å². The van der Waals surface area contributed by atoms with E-state index >= 15 is 0 Å². The summed E-state index contributed by atoms with van der Waals surface area (Å²) in [5.74, 6) is 0.273. The lowest BCUT2D eigenvalue weighted by Gasteiger charge is -2.05. The van der Waals surface area contributed by atoms with Crippen molar-refractivity contribution in [3.05, 3.63) is 35.9 Å². The summed E-state index contributed by atoms with van der Waals surface area (Å²) in [7, 11) is 1.68. The van der Waals surface area contributed by atoms with E-state index in [1.807, 2.05) is 0 Å². The zero-order valence-corrected chi connectivity index (χ0v) is 9.82. The van der Waals surface area contributed by atoms with Gasteiger partial charge >= 0.3 is 0 Å². The Hall–Kier alpha value is -2.15. The van der Waals surface area contributed by atoms with E-state index in [9.17, 15) is 4.79 Å². The molecule has 0 aliphatic carbocycles. The van der Waals surface area contributed by atoms with E-state index in [4.69, 9.17) is 22.4 Å². The molecule has 0 atom stereocenters. The molecule has 0 aliphatic heterocycles. The minimum absolute atomic E-state index is 0.174. The monoisotopic (exact) mass is 250 g/mol. The summed E-state index contributed by atoms with van der Waals surface area (Å²) in [5.41, 5.74) is 6.04. The van der Waals surface area contributed by atoms with Gasteiger partial charge in [-0.3, -0.25) is 9.48 Å². The van der Waals surface area contributed by atoms with Gasteiger partial charge in [0.25, 0.3) is 5.91 Å². The summed E-state index contributed by atoms with van der Waals surface area (Å²) in [6.45, 7) is 0. The number of thiocarbonyl (C=S) groups is 1. The van der Waals surface area contributed by atoms with Crippen LogP contribution in [0.3, 0.4) is 0 Å². The molecular weight excluding hydrogens is 240 g/mol. The Morgan fingerprint density at radius 1 is 1.65 bits per heavy atom. The summed E-state index contributed by atoms with van der Waals surface area (Å²) in [6.07, 6.45) is 2.92. The van der Waals surface area contributed by atoms with E-state index in [1.54, 1.807) is 19.2 Å². The molecule has 0 aliphatic rings. The van der Waals surface area contributed by atoms with Crippen molar-refractivity contribution >= 4 is 28.9 Å². The van der Waals surface area contributed by atoms with Crippen LogP contribution in [0.25, 0.3) is 0 Å². The van der Waals surface area contributed by atoms with Crippen LogP contribution < -0.4 is 11.1 Å². The van der Waals surface area contributed by atoms with Gasteiger partial charge in [-0.1, -0.05) is 12.2 Å². The van der Waals surface area contributed by atoms with Gasteiger partial charge in [-0.2, -0.15) is 5.10 Å². The van der Waals surface area contributed by atoms with Crippen LogP contribution >= 0.6 is 12.2 Å². The zero-order chi connectivity index (χ0) is 12.4. The molecular formula is C10H10N4O2S. The number of nitrogens with two attached hydrogens (primary N) is 1. The average Bonchev–Trinajstić information content (AvgIpc) is 2.89. The van der Waals surface area contributed by atoms with Gasteiger partial charge in [0.05, 0.1) is 18.0 Å². The van der Waals surface area contributed by atoms with Crippen LogP contribution in [-0.2, 0) is 7.05 Å². The Kier molecular flexibility index (Phi) is 2.92. The van der Waals surface area contributed by atoms with Gasteiger partial charge in [0.1, 0.15) is 10.8 Å². The van der Waals surface area contributed by atoms with Crippen LogP contribution in [0, 0.1) is 0 Å². The fourth-order valence-corrected chi connectivity index (χ4v) is 1.49. The predicted molar refractivity (Wildman–Crippen MR) is 65.8 cm³/mol. The van der Waals surface area contributed by atoms with E-state index < -0.39 is 0 Å². The van der Waals surface area contributed by atoms with Crippen molar-refractivity contribution in [3.63, 3.8) is 0 Å². The van der Waals surface area contributed by atoms with Crippen LogP contribution in [0.15, 0.2) is 29.0 Å². The average molecular weight is 250 g/mol. The van der Waals surface area contributed by atoms with E-state index in [0.29, 0.717) is 11.4 Å². The number of aromatic nitrogens is 2. The number of amides is 1. The molecule has 2 rings (SSSR count). The third kappa shape index (κ3) is 2.18. The molecule has 17 heavy (non-hydrogen) atoms. The number of carbonyl (C=O) groups is 1. The van der Waals surface area contributed by atoms with Gasteiger partial charge in [-0.25, -0.2) is 0 Å². The Morgan fingerprint density at radius 2 is 2.41 bits per heavy atom. The molecule has 88 valence electrons. The Bertz CT molecular complexity index is 559. The number of carbonyl (C=O) groups excluding carboxylic acids is 1. The third-order valence-corrected chi connectivity index (χ3v) is 2.40. The number of nitrogens with zero attached hydrogens (tertiary/aromatic N) is 2. The molecule has 0 saturated carbocycles. The molecule has 0 fully saturated rings. The second-order valence-electron chi connectivity index (χ2n) is 3.33. The molecule has 0 spiro atoms. The summed E-state index contributed by atoms with van der Waals surface area (Å²) < 4.78 is 6.46. The molecule has 0 bridgehead atoms. The fourth-order valence-electron chi connectivity index (χ4n) is 1.34. The maximum Gasteiger partial charge on any atom is 0.292 e. The first-order valence-corrected chi connectivity index (χ1v) is 5.17. The SMILES string of the molecule is Cn1ncc(C(N)=S)c1NC(=O)c1ccco1. The van der Waals surface area contributed by atoms with Gasteiger partial charge < -0.3 is 15.5 Å². The van der Waals surface area contributed by atoms with E-state index in [-0.39, 0.29) is 16.7 Å². The molecule has 2 heterocycles. The Morgan fingerprint density at radius 3 is 3.00 bits per heavy atom. The summed E-state index contributed by atoms with van der Waals surface area (Å²) in [6, 6.07) is 3.19. The second kappa shape index (κ2) is 4.38. The van der Waals surface area contributed by atoms with Crippen molar-refractivity contribution in [3.8, 4) is 0 Å². The molecule has 0 radical (unpaired) electrons. The highest BCUT2D eigenvalue weighted by Crippen LogP contribution is 2.15. The lowest BCUT2D eigenvalue weighted by molar-refractivity contribution is 0.0995. The van der Waals surface area contributed by atoms with Crippen LogP contribution in [-0.4, -0.2) is 20.7 Å². The predicted octanol–water partition coefficient (Wildman–Crippen LogP) is 0.900. The minimum Gasteiger partial charge on any atom is -0.459 e. The first kappa shape index (κ1) is 11.3. The highest BCUT2D eigenvalue weighted by atomic mass is 32.1. The smallest absolute Gasteiger partial charge is 0.292 e. The highest BCUT2D eigenvalue weighted by molar-refractivity contribution is 7.80. The Labute approximate surface area is 102 Å². The number of furan rings is 1. The third-order valence-electron chi connectivity index (χ3n) is 2.18. The van der Waals surface area contributed by atoms with Crippen LogP contribution in [0.5, 0.6) is 0 Å². The van der Waals surface area contributed by atoms with Gasteiger partial charge in [0, 0.05) is 7.05 Å². The maximum atomic E-state index is 11.8. The molecule has 2 aromatic rings. The van der Waals surface area contributed by atoms with Crippen LogP contribution in [0.4, 0.5) is 5.82 Å². The highest BCUT2D eigenvalue weighted by Gasteiger charge is 2.16. The van der Waals surface area contributed by atoms with Crippen molar-refractivity contribution in [1.82, 2.24) is 9.78 Å². The van der Waals surface area contributed by atoms with Crippen molar-refractivity contribution in [2.75, 3.05) is 5.32 Å². The molecule has 0 saturated heterocycles. The molecule has 3 N–H and O–H groups in total. The molecule has 7 heteroatoms. The van der Waals surface area contributed by atoms with Gasteiger partial charge in [-0.05, 0) is 12.1 Å². The van der Waals surface area contributed by atoms with Gasteiger partial charge in [0.15, 0.2) is 5.76 Å². The fraction of sp³-hybridized carbons (Fsp3) is 0.100. The molecule has 1 amide bonds. The number of aryl methyl sites for hydroxylation is 1. The maximum absolute atomic E-state index is 11.8. The van der Waals surface area contributed by atoms with Crippen molar-refractivity contribution < 1.29 is 9.21 Å². The number of anilines is 1. The zero-order valence-electron chi connectivity index (χ0n) is 9.01. The summed E-state index contributed by atoms with van der Waals surface area (Å²) in [4.78, 5) is 11.9. The largest absolute Gasteiger partial charge is 0.459 e. The Balaban J connectivity index is 2.27. The number of nitrogens with one attached hydrogen (secondary N) is 1. The molecule has 0 unspecified atom stereocenters. The first-order valence-electron chi connectivity index (χ1n) is 4.76. The topological polar surface area (TPSA) is 86.1 Å². The lowest BCUT2D eigenvalue weighted by Crippen LogP contribution is -2.18. The van der Waals surface area contributed by atoms with Gasteiger partial charge in [0.2, 0.25) is 0 Å². The van der Waals surface area contributed by atoms with E-state index in [1.165, 1.54) is 17.1 Å². The van der Waals surface area contributed by atoms with Gasteiger partial charge in [-0.15, -0.1) is 0 Å². The number of rotatable bonds is 3. The summed E-state index contributed by atoms with van der Waals surface area (Å²) in [5, 5.41) is 6.62. The second-order valence-corrected chi connectivity index (χ2v) is 3.77. The summed E-state index contributed by atoms with van der Waals surface area (Å²) >= 11 is 4.87. The standard InChI is InChI=1S/C10H10N4O2S/c1-14-9(6(5-12-14)8(11)17)13-10(15)7-3-2-4-16-7/h2-5H,1H3,(H2,11,17)(H,13,15). The number of hydrogen-bond acceptors (Lipinski definition) is 4. The van der Waals surface area contributed by atoms with Crippen molar-refractivity contribution in [2.24, 2.45) is 12.8 Å². The molecule has 2 aromatic heterocycles. The molecule has 0 aromatic carbocycles. The van der Waals surface area contributed by atoms with E-state index in [2.05, 4.69) is 10.4 Å². The van der Waals surface area contributed by atoms with Crippen molar-refractivity contribution in [2.45, 2.75) is 0 Å². The normalized spacial score (nSPS) is 10.2.